The predicted molar refractivity (Wildman–Crippen MR) is 87.2 cm³/mol. The summed E-state index contributed by atoms with van der Waals surface area (Å²) in [6.45, 7) is 4.59. The highest BCUT2D eigenvalue weighted by Crippen LogP contribution is 2.38. The quantitative estimate of drug-likeness (QED) is 0.930. The second kappa shape index (κ2) is 7.23. The molecule has 2 fully saturated rings. The van der Waals surface area contributed by atoms with E-state index in [-0.39, 0.29) is 5.91 Å². The van der Waals surface area contributed by atoms with Crippen molar-refractivity contribution < 1.29 is 4.79 Å². The van der Waals surface area contributed by atoms with E-state index in [0.29, 0.717) is 19.1 Å². The highest BCUT2D eigenvalue weighted by molar-refractivity contribution is 5.78. The van der Waals surface area contributed by atoms with Crippen molar-refractivity contribution in [1.82, 2.24) is 15.2 Å². The van der Waals surface area contributed by atoms with Gasteiger partial charge in [-0.1, -0.05) is 25.8 Å². The monoisotopic (exact) mass is 301 g/mol. The molecule has 4 nitrogen and oxygen atoms in total. The smallest absolute Gasteiger partial charge is 0.234 e. The van der Waals surface area contributed by atoms with Crippen molar-refractivity contribution in [2.24, 2.45) is 11.8 Å². The maximum Gasteiger partial charge on any atom is 0.234 e. The van der Waals surface area contributed by atoms with E-state index in [1.54, 1.807) is 12.4 Å². The Kier molecular flexibility index (Phi) is 5.08. The Labute approximate surface area is 133 Å². The molecule has 22 heavy (non-hydrogen) atoms. The SMILES string of the molecule is CC1CCN(CC(=O)NCc2cccnc2)C2CCCCC12. The average Bonchev–Trinajstić information content (AvgIpc) is 2.57. The van der Waals surface area contributed by atoms with Crippen molar-refractivity contribution in [3.05, 3.63) is 30.1 Å². The maximum atomic E-state index is 12.3. The molecular formula is C18H27N3O. The molecule has 1 N–H and O–H groups in total. The molecule has 120 valence electrons. The van der Waals surface area contributed by atoms with Crippen LogP contribution in [0.5, 0.6) is 0 Å². The molecule has 0 spiro atoms. The van der Waals surface area contributed by atoms with Crippen LogP contribution in [0.2, 0.25) is 0 Å². The van der Waals surface area contributed by atoms with Crippen LogP contribution in [-0.2, 0) is 11.3 Å². The van der Waals surface area contributed by atoms with Crippen LogP contribution in [0.1, 0.15) is 44.6 Å². The van der Waals surface area contributed by atoms with Crippen molar-refractivity contribution in [3.8, 4) is 0 Å². The average molecular weight is 301 g/mol. The minimum atomic E-state index is 0.141. The number of pyridine rings is 1. The van der Waals surface area contributed by atoms with E-state index in [1.165, 1.54) is 32.1 Å². The third-order valence-electron chi connectivity index (χ3n) is 5.41. The van der Waals surface area contributed by atoms with Crippen LogP contribution in [0.4, 0.5) is 0 Å². The molecule has 1 saturated heterocycles. The number of piperidine rings is 1. The summed E-state index contributed by atoms with van der Waals surface area (Å²) in [5.74, 6) is 1.76. The molecule has 0 radical (unpaired) electrons. The number of carbonyl (C=O) groups is 1. The predicted octanol–water partition coefficient (Wildman–Crippen LogP) is 2.60. The zero-order chi connectivity index (χ0) is 15.4. The number of likely N-dealkylation sites (tertiary alicyclic amines) is 1. The first-order valence-corrected chi connectivity index (χ1v) is 8.63. The second-order valence-electron chi connectivity index (χ2n) is 6.89. The molecule has 0 bridgehead atoms. The van der Waals surface area contributed by atoms with Gasteiger partial charge in [-0.05, 0) is 49.3 Å². The van der Waals surface area contributed by atoms with Crippen molar-refractivity contribution >= 4 is 5.91 Å². The second-order valence-corrected chi connectivity index (χ2v) is 6.89. The molecule has 0 aromatic carbocycles. The Morgan fingerprint density at radius 2 is 2.23 bits per heavy atom. The third kappa shape index (κ3) is 3.67. The van der Waals surface area contributed by atoms with Crippen LogP contribution < -0.4 is 5.32 Å². The van der Waals surface area contributed by atoms with Gasteiger partial charge in [-0.3, -0.25) is 14.7 Å². The summed E-state index contributed by atoms with van der Waals surface area (Å²) in [6, 6.07) is 4.52. The van der Waals surface area contributed by atoms with Gasteiger partial charge >= 0.3 is 0 Å². The van der Waals surface area contributed by atoms with Gasteiger partial charge in [0.15, 0.2) is 0 Å². The number of hydrogen-bond donors (Lipinski definition) is 1. The van der Waals surface area contributed by atoms with Crippen LogP contribution in [0.15, 0.2) is 24.5 Å². The fourth-order valence-electron chi connectivity index (χ4n) is 4.15. The van der Waals surface area contributed by atoms with E-state index in [2.05, 4.69) is 22.1 Å². The minimum Gasteiger partial charge on any atom is -0.351 e. The first kappa shape index (κ1) is 15.5. The molecule has 3 atom stereocenters. The molecule has 1 aliphatic heterocycles. The van der Waals surface area contributed by atoms with E-state index < -0.39 is 0 Å². The lowest BCUT2D eigenvalue weighted by Gasteiger charge is -2.47. The molecule has 2 heterocycles. The van der Waals surface area contributed by atoms with Crippen LogP contribution in [0.25, 0.3) is 0 Å². The molecule has 3 unspecified atom stereocenters. The number of rotatable bonds is 4. The normalized spacial score (nSPS) is 28.9. The van der Waals surface area contributed by atoms with Gasteiger partial charge in [0.2, 0.25) is 5.91 Å². The van der Waals surface area contributed by atoms with E-state index in [0.717, 1.165) is 23.9 Å². The Hall–Kier alpha value is -1.42. The van der Waals surface area contributed by atoms with Gasteiger partial charge in [0, 0.05) is 25.0 Å². The zero-order valence-electron chi connectivity index (χ0n) is 13.5. The summed E-state index contributed by atoms with van der Waals surface area (Å²) >= 11 is 0. The number of amides is 1. The molecule has 1 aliphatic carbocycles. The molecule has 1 aromatic heterocycles. The number of nitrogens with one attached hydrogen (secondary N) is 1. The first-order chi connectivity index (χ1) is 10.7. The number of fused-ring (bicyclic) bond motifs is 1. The van der Waals surface area contributed by atoms with Gasteiger partial charge in [0.25, 0.3) is 0 Å². The van der Waals surface area contributed by atoms with Gasteiger partial charge in [-0.25, -0.2) is 0 Å². The number of nitrogens with zero attached hydrogens (tertiary/aromatic N) is 2. The third-order valence-corrected chi connectivity index (χ3v) is 5.41. The van der Waals surface area contributed by atoms with Crippen LogP contribution >= 0.6 is 0 Å². The van der Waals surface area contributed by atoms with Crippen LogP contribution in [0, 0.1) is 11.8 Å². The summed E-state index contributed by atoms with van der Waals surface area (Å²) in [7, 11) is 0. The summed E-state index contributed by atoms with van der Waals surface area (Å²) in [5.41, 5.74) is 1.05. The van der Waals surface area contributed by atoms with Gasteiger partial charge < -0.3 is 5.32 Å². The van der Waals surface area contributed by atoms with Crippen molar-refractivity contribution in [2.45, 2.75) is 51.6 Å². The molecule has 4 heteroatoms. The summed E-state index contributed by atoms with van der Waals surface area (Å²) in [5, 5.41) is 3.03. The topological polar surface area (TPSA) is 45.2 Å². The van der Waals surface area contributed by atoms with Crippen molar-refractivity contribution in [2.75, 3.05) is 13.1 Å². The van der Waals surface area contributed by atoms with Gasteiger partial charge in [0.1, 0.15) is 0 Å². The summed E-state index contributed by atoms with van der Waals surface area (Å²) in [4.78, 5) is 18.8. The van der Waals surface area contributed by atoms with E-state index in [1.807, 2.05) is 12.1 Å². The maximum absolute atomic E-state index is 12.3. The first-order valence-electron chi connectivity index (χ1n) is 8.63. The Morgan fingerprint density at radius 1 is 1.36 bits per heavy atom. The molecular weight excluding hydrogens is 274 g/mol. The Bertz CT molecular complexity index is 490. The van der Waals surface area contributed by atoms with Gasteiger partial charge in [0.05, 0.1) is 6.54 Å². The lowest BCUT2D eigenvalue weighted by atomic mass is 9.72. The largest absolute Gasteiger partial charge is 0.351 e. The molecule has 1 saturated carbocycles. The lowest BCUT2D eigenvalue weighted by Crippen LogP contribution is -2.52. The lowest BCUT2D eigenvalue weighted by molar-refractivity contribution is -0.124. The Morgan fingerprint density at radius 3 is 3.05 bits per heavy atom. The van der Waals surface area contributed by atoms with E-state index >= 15 is 0 Å². The zero-order valence-corrected chi connectivity index (χ0v) is 13.5. The number of hydrogen-bond acceptors (Lipinski definition) is 3. The summed E-state index contributed by atoms with van der Waals surface area (Å²) < 4.78 is 0. The molecule has 1 aromatic rings. The van der Waals surface area contributed by atoms with Gasteiger partial charge in [-0.2, -0.15) is 0 Å². The minimum absolute atomic E-state index is 0.141. The van der Waals surface area contributed by atoms with Crippen LogP contribution in [-0.4, -0.2) is 34.9 Å². The summed E-state index contributed by atoms with van der Waals surface area (Å²) in [6.07, 6.45) is 10.1. The van der Waals surface area contributed by atoms with Crippen LogP contribution in [0.3, 0.4) is 0 Å². The van der Waals surface area contributed by atoms with E-state index in [9.17, 15) is 4.79 Å². The highest BCUT2D eigenvalue weighted by Gasteiger charge is 2.37. The number of aromatic nitrogens is 1. The fourth-order valence-corrected chi connectivity index (χ4v) is 4.15. The van der Waals surface area contributed by atoms with Gasteiger partial charge in [-0.15, -0.1) is 0 Å². The highest BCUT2D eigenvalue weighted by atomic mass is 16.2. The van der Waals surface area contributed by atoms with Crippen molar-refractivity contribution in [1.29, 1.82) is 0 Å². The number of carbonyl (C=O) groups excluding carboxylic acids is 1. The Balaban J connectivity index is 1.52. The fraction of sp³-hybridized carbons (Fsp3) is 0.667. The van der Waals surface area contributed by atoms with Crippen molar-refractivity contribution in [3.63, 3.8) is 0 Å². The van der Waals surface area contributed by atoms with E-state index in [4.69, 9.17) is 0 Å². The molecule has 1 amide bonds. The standard InChI is InChI=1S/C18H27N3O/c1-14-8-10-21(17-7-3-2-6-16(14)17)13-18(22)20-12-15-5-4-9-19-11-15/h4-5,9,11,14,16-17H,2-3,6-8,10,12-13H2,1H3,(H,20,22). The molecule has 2 aliphatic rings. The molecule has 3 rings (SSSR count).